The number of likely N-dealkylation sites (N-methyl/N-ethyl adjacent to an activating group) is 1. The summed E-state index contributed by atoms with van der Waals surface area (Å²) in [5.41, 5.74) is 0.644. The highest BCUT2D eigenvalue weighted by atomic mass is 35.5. The average Bonchev–Trinajstić information content (AvgIpc) is 2.38. The van der Waals surface area contributed by atoms with Gasteiger partial charge >= 0.3 is 0 Å². The summed E-state index contributed by atoms with van der Waals surface area (Å²) in [6.45, 7) is 6.22. The van der Waals surface area contributed by atoms with E-state index >= 15 is 0 Å². The Morgan fingerprint density at radius 2 is 2.11 bits per heavy atom. The van der Waals surface area contributed by atoms with Crippen molar-refractivity contribution < 1.29 is 4.79 Å². The van der Waals surface area contributed by atoms with Gasteiger partial charge in [0.15, 0.2) is 5.78 Å². The molecule has 0 N–H and O–H groups in total. The van der Waals surface area contributed by atoms with Crippen molar-refractivity contribution in [3.05, 3.63) is 34.9 Å². The number of benzene rings is 1. The van der Waals surface area contributed by atoms with Gasteiger partial charge in [0.2, 0.25) is 0 Å². The summed E-state index contributed by atoms with van der Waals surface area (Å²) in [4.78, 5) is 16.9. The Labute approximate surface area is 120 Å². The van der Waals surface area contributed by atoms with Crippen LogP contribution in [-0.4, -0.2) is 54.9 Å². The molecule has 0 radical (unpaired) electrons. The first-order valence-electron chi connectivity index (χ1n) is 6.78. The van der Waals surface area contributed by atoms with E-state index in [1.54, 1.807) is 12.1 Å². The van der Waals surface area contributed by atoms with E-state index in [-0.39, 0.29) is 5.78 Å². The Morgan fingerprint density at radius 1 is 1.37 bits per heavy atom. The van der Waals surface area contributed by atoms with Crippen LogP contribution in [0, 0.1) is 0 Å². The molecule has 1 heterocycles. The minimum absolute atomic E-state index is 0.136. The maximum atomic E-state index is 12.2. The highest BCUT2D eigenvalue weighted by Gasteiger charge is 2.22. The zero-order valence-corrected chi connectivity index (χ0v) is 12.4. The van der Waals surface area contributed by atoms with E-state index in [2.05, 4.69) is 23.8 Å². The van der Waals surface area contributed by atoms with Gasteiger partial charge in [-0.25, -0.2) is 0 Å². The fraction of sp³-hybridized carbons (Fsp3) is 0.533. The van der Waals surface area contributed by atoms with Crippen molar-refractivity contribution in [2.24, 2.45) is 0 Å². The first-order valence-corrected chi connectivity index (χ1v) is 7.16. The zero-order valence-electron chi connectivity index (χ0n) is 11.6. The van der Waals surface area contributed by atoms with Crippen LogP contribution in [0.2, 0.25) is 5.02 Å². The van der Waals surface area contributed by atoms with Crippen LogP contribution in [0.5, 0.6) is 0 Å². The van der Waals surface area contributed by atoms with Crippen molar-refractivity contribution in [2.45, 2.75) is 19.4 Å². The lowest BCUT2D eigenvalue weighted by Crippen LogP contribution is -2.50. The van der Waals surface area contributed by atoms with Gasteiger partial charge in [-0.05, 0) is 26.1 Å². The van der Waals surface area contributed by atoms with E-state index in [9.17, 15) is 4.79 Å². The number of carbonyl (C=O) groups excluding carboxylic acids is 1. The molecule has 1 atom stereocenters. The van der Waals surface area contributed by atoms with Gasteiger partial charge < -0.3 is 4.90 Å². The summed E-state index contributed by atoms with van der Waals surface area (Å²) in [7, 11) is 2.14. The van der Waals surface area contributed by atoms with Crippen LogP contribution < -0.4 is 0 Å². The maximum absolute atomic E-state index is 12.2. The van der Waals surface area contributed by atoms with E-state index in [1.165, 1.54) is 0 Å². The molecule has 0 bridgehead atoms. The molecule has 3 nitrogen and oxygen atoms in total. The highest BCUT2D eigenvalue weighted by molar-refractivity contribution is 6.33. The predicted octanol–water partition coefficient (Wildman–Crippen LogP) is 2.55. The fourth-order valence-corrected chi connectivity index (χ4v) is 2.82. The summed E-state index contributed by atoms with van der Waals surface area (Å²) < 4.78 is 0. The Bertz CT molecular complexity index is 450. The van der Waals surface area contributed by atoms with E-state index < -0.39 is 0 Å². The third-order valence-electron chi connectivity index (χ3n) is 3.77. The molecular weight excluding hydrogens is 260 g/mol. The van der Waals surface area contributed by atoms with Gasteiger partial charge in [-0.2, -0.15) is 0 Å². The molecule has 104 valence electrons. The third-order valence-corrected chi connectivity index (χ3v) is 4.10. The van der Waals surface area contributed by atoms with Crippen LogP contribution in [0.4, 0.5) is 0 Å². The maximum Gasteiger partial charge on any atom is 0.165 e. The summed E-state index contributed by atoms with van der Waals surface area (Å²) in [6.07, 6.45) is 0.539. The van der Waals surface area contributed by atoms with Gasteiger partial charge in [0.25, 0.3) is 0 Å². The lowest BCUT2D eigenvalue weighted by atomic mass is 10.1. The summed E-state index contributed by atoms with van der Waals surface area (Å²) in [5.74, 6) is 0.136. The number of piperazine rings is 1. The molecule has 0 aliphatic carbocycles. The van der Waals surface area contributed by atoms with Gasteiger partial charge in [0.05, 0.1) is 5.02 Å². The third kappa shape index (κ3) is 3.78. The van der Waals surface area contributed by atoms with Crippen molar-refractivity contribution in [2.75, 3.05) is 33.2 Å². The van der Waals surface area contributed by atoms with Crippen LogP contribution in [0.1, 0.15) is 23.7 Å². The van der Waals surface area contributed by atoms with Crippen molar-refractivity contribution in [3.63, 3.8) is 0 Å². The van der Waals surface area contributed by atoms with Crippen molar-refractivity contribution in [3.8, 4) is 0 Å². The highest BCUT2D eigenvalue weighted by Crippen LogP contribution is 2.17. The number of halogens is 1. The summed E-state index contributed by atoms with van der Waals surface area (Å²) in [6, 6.07) is 7.79. The Balaban J connectivity index is 1.89. The molecule has 2 rings (SSSR count). The standard InChI is InChI=1S/C15H21ClN2O/c1-12-11-17(2)9-10-18(12)8-7-15(19)13-5-3-4-6-14(13)16/h3-6,12H,7-11H2,1-2H3. The van der Waals surface area contributed by atoms with E-state index in [0.29, 0.717) is 23.0 Å². The van der Waals surface area contributed by atoms with Gasteiger partial charge in [-0.3, -0.25) is 9.69 Å². The minimum Gasteiger partial charge on any atom is -0.304 e. The second kappa shape index (κ2) is 6.51. The Kier molecular flexibility index (Phi) is 4.97. The molecule has 0 aromatic heterocycles. The number of carbonyl (C=O) groups is 1. The van der Waals surface area contributed by atoms with Gasteiger partial charge in [-0.1, -0.05) is 23.7 Å². The molecule has 1 aromatic carbocycles. The van der Waals surface area contributed by atoms with Crippen molar-refractivity contribution >= 4 is 17.4 Å². The van der Waals surface area contributed by atoms with Crippen LogP contribution >= 0.6 is 11.6 Å². The lowest BCUT2D eigenvalue weighted by Gasteiger charge is -2.38. The Hall–Kier alpha value is -0.900. The molecule has 0 spiro atoms. The molecule has 1 fully saturated rings. The molecule has 4 heteroatoms. The van der Waals surface area contributed by atoms with Gasteiger partial charge in [0, 0.05) is 44.2 Å². The fourth-order valence-electron chi connectivity index (χ4n) is 2.58. The van der Waals surface area contributed by atoms with E-state index in [4.69, 9.17) is 11.6 Å². The van der Waals surface area contributed by atoms with Gasteiger partial charge in [0.1, 0.15) is 0 Å². The molecule has 1 saturated heterocycles. The monoisotopic (exact) mass is 280 g/mol. The minimum atomic E-state index is 0.136. The van der Waals surface area contributed by atoms with Crippen LogP contribution in [-0.2, 0) is 0 Å². The molecule has 19 heavy (non-hydrogen) atoms. The van der Waals surface area contributed by atoms with Crippen LogP contribution in [0.3, 0.4) is 0 Å². The summed E-state index contributed by atoms with van der Waals surface area (Å²) >= 11 is 6.05. The van der Waals surface area contributed by atoms with E-state index in [1.807, 2.05) is 12.1 Å². The number of ketones is 1. The largest absolute Gasteiger partial charge is 0.304 e. The number of nitrogens with zero attached hydrogens (tertiary/aromatic N) is 2. The van der Waals surface area contributed by atoms with Crippen LogP contribution in [0.15, 0.2) is 24.3 Å². The summed E-state index contributed by atoms with van der Waals surface area (Å²) in [5, 5.41) is 0.555. The lowest BCUT2D eigenvalue weighted by molar-refractivity contribution is 0.0843. The number of rotatable bonds is 4. The molecule has 1 aromatic rings. The van der Waals surface area contributed by atoms with Crippen molar-refractivity contribution in [1.82, 2.24) is 9.80 Å². The number of hydrogen-bond acceptors (Lipinski definition) is 3. The average molecular weight is 281 g/mol. The predicted molar refractivity (Wildman–Crippen MR) is 78.9 cm³/mol. The molecule has 0 saturated carbocycles. The molecular formula is C15H21ClN2O. The molecule has 1 aliphatic heterocycles. The van der Waals surface area contributed by atoms with Gasteiger partial charge in [-0.15, -0.1) is 0 Å². The Morgan fingerprint density at radius 3 is 2.79 bits per heavy atom. The molecule has 1 aliphatic rings. The first-order chi connectivity index (χ1) is 9.08. The smallest absolute Gasteiger partial charge is 0.165 e. The SMILES string of the molecule is CC1CN(C)CCN1CCC(=O)c1ccccc1Cl. The molecule has 1 unspecified atom stereocenters. The van der Waals surface area contributed by atoms with E-state index in [0.717, 1.165) is 26.2 Å². The zero-order chi connectivity index (χ0) is 13.8. The van der Waals surface area contributed by atoms with Crippen LogP contribution in [0.25, 0.3) is 0 Å². The topological polar surface area (TPSA) is 23.6 Å². The first kappa shape index (κ1) is 14.5. The van der Waals surface area contributed by atoms with Crippen molar-refractivity contribution in [1.29, 1.82) is 0 Å². The number of Topliss-reactive ketones (excluding diaryl/α,β-unsaturated/α-hetero) is 1. The molecule has 0 amide bonds. The quantitative estimate of drug-likeness (QED) is 0.792. The second-order valence-corrected chi connectivity index (χ2v) is 5.71. The second-order valence-electron chi connectivity index (χ2n) is 5.30. The number of hydrogen-bond donors (Lipinski definition) is 0. The normalized spacial score (nSPS) is 21.5.